The third-order valence-electron chi connectivity index (χ3n) is 7.23. The van der Waals surface area contributed by atoms with Crippen molar-refractivity contribution in [3.05, 3.63) is 89.0 Å². The summed E-state index contributed by atoms with van der Waals surface area (Å²) in [5.74, 6) is 0.481. The van der Waals surface area contributed by atoms with Crippen LogP contribution >= 0.6 is 0 Å². The lowest BCUT2D eigenvalue weighted by atomic mass is 9.87. The fraction of sp³-hybridized carbons (Fsp3) is 0.417. The first-order chi connectivity index (χ1) is 20.4. The third-order valence-corrected chi connectivity index (χ3v) is 7.23. The van der Waals surface area contributed by atoms with Crippen LogP contribution in [-0.4, -0.2) is 52.9 Å². The van der Waals surface area contributed by atoms with Gasteiger partial charge in [0.15, 0.2) is 0 Å². The van der Waals surface area contributed by atoms with E-state index >= 15 is 0 Å². The molecule has 0 saturated heterocycles. The van der Waals surface area contributed by atoms with Crippen LogP contribution in [0.25, 0.3) is 11.1 Å². The summed E-state index contributed by atoms with van der Waals surface area (Å²) in [6.07, 6.45) is 3.10. The summed E-state index contributed by atoms with van der Waals surface area (Å²) in [7, 11) is 1.94. The molecule has 3 aromatic carbocycles. The molecule has 7 heteroatoms. The Bertz CT molecular complexity index is 1370. The van der Waals surface area contributed by atoms with Gasteiger partial charge in [-0.1, -0.05) is 75.4 Å². The van der Waals surface area contributed by atoms with E-state index in [1.165, 1.54) is 16.7 Å². The van der Waals surface area contributed by atoms with Crippen LogP contribution in [0.2, 0.25) is 0 Å². The standard InChI is InChI=1S/C36H47N3O4/c1-8-39(25-40)34(37-38(7)24-28-14-19-32(20-15-28)36(4,5)6)11-9-10-27-12-16-29(17-13-27)30-18-21-33(43-26(2)3)31(22-30)23-35(41)42/h12-22,25-26H,8-11,23-24H2,1-7H3,(H,41,42)/b37-34-. The molecule has 3 rings (SSSR count). The van der Waals surface area contributed by atoms with E-state index in [4.69, 9.17) is 9.84 Å². The van der Waals surface area contributed by atoms with Gasteiger partial charge in [-0.3, -0.25) is 14.6 Å². The van der Waals surface area contributed by atoms with Crippen LogP contribution < -0.4 is 4.74 Å². The maximum atomic E-state index is 11.8. The Hall–Kier alpha value is -4.13. The van der Waals surface area contributed by atoms with Gasteiger partial charge >= 0.3 is 5.97 Å². The summed E-state index contributed by atoms with van der Waals surface area (Å²) >= 11 is 0. The summed E-state index contributed by atoms with van der Waals surface area (Å²) in [4.78, 5) is 24.9. The Labute approximate surface area is 257 Å². The molecule has 0 aliphatic rings. The van der Waals surface area contributed by atoms with Gasteiger partial charge in [-0.25, -0.2) is 0 Å². The van der Waals surface area contributed by atoms with Crippen LogP contribution in [0.5, 0.6) is 5.75 Å². The normalized spacial score (nSPS) is 11.9. The van der Waals surface area contributed by atoms with Crippen LogP contribution in [0.1, 0.15) is 76.6 Å². The maximum absolute atomic E-state index is 11.8. The molecule has 0 aromatic heterocycles. The molecule has 43 heavy (non-hydrogen) atoms. The first-order valence-electron chi connectivity index (χ1n) is 15.1. The highest BCUT2D eigenvalue weighted by Crippen LogP contribution is 2.29. The van der Waals surface area contributed by atoms with Crippen LogP contribution in [0.15, 0.2) is 71.8 Å². The number of carbonyl (C=O) groups excluding carboxylic acids is 1. The molecule has 0 saturated carbocycles. The number of hydrazone groups is 1. The van der Waals surface area contributed by atoms with Crippen molar-refractivity contribution in [1.82, 2.24) is 9.91 Å². The number of hydrogen-bond acceptors (Lipinski definition) is 5. The molecule has 0 radical (unpaired) electrons. The van der Waals surface area contributed by atoms with Crippen LogP contribution in [-0.2, 0) is 34.4 Å². The fourth-order valence-corrected chi connectivity index (χ4v) is 4.92. The number of aliphatic carboxylic acids is 1. The first-order valence-corrected chi connectivity index (χ1v) is 15.1. The topological polar surface area (TPSA) is 82.4 Å². The maximum Gasteiger partial charge on any atom is 0.307 e. The molecule has 0 aliphatic carbocycles. The number of carboxylic acid groups (broad SMARTS) is 1. The molecule has 0 aliphatic heterocycles. The summed E-state index contributed by atoms with van der Waals surface area (Å²) in [6.45, 7) is 13.7. The van der Waals surface area contributed by atoms with Crippen molar-refractivity contribution in [2.75, 3.05) is 13.6 Å². The summed E-state index contributed by atoms with van der Waals surface area (Å²) in [5, 5.41) is 16.1. The number of ether oxygens (including phenoxy) is 1. The fourth-order valence-electron chi connectivity index (χ4n) is 4.92. The number of benzene rings is 3. The Morgan fingerprint density at radius 1 is 0.977 bits per heavy atom. The Morgan fingerprint density at radius 3 is 2.16 bits per heavy atom. The number of rotatable bonds is 14. The van der Waals surface area contributed by atoms with Gasteiger partial charge in [-0.05, 0) is 79.0 Å². The third kappa shape index (κ3) is 10.3. The molecule has 0 spiro atoms. The number of hydrogen-bond donors (Lipinski definition) is 1. The van der Waals surface area contributed by atoms with Crippen LogP contribution in [0.3, 0.4) is 0 Å². The highest BCUT2D eigenvalue weighted by atomic mass is 16.5. The second-order valence-corrected chi connectivity index (χ2v) is 12.3. The minimum Gasteiger partial charge on any atom is -0.491 e. The van der Waals surface area contributed by atoms with Gasteiger partial charge in [0.05, 0.1) is 19.1 Å². The summed E-state index contributed by atoms with van der Waals surface area (Å²) in [6, 6.07) is 22.7. The van der Waals surface area contributed by atoms with Gasteiger partial charge in [0, 0.05) is 25.6 Å². The quantitative estimate of drug-likeness (QED) is 0.0928. The van der Waals surface area contributed by atoms with Gasteiger partial charge in [0.2, 0.25) is 6.41 Å². The molecule has 1 amide bonds. The van der Waals surface area contributed by atoms with Crippen LogP contribution in [0.4, 0.5) is 0 Å². The molecule has 7 nitrogen and oxygen atoms in total. The molecule has 0 heterocycles. The van der Waals surface area contributed by atoms with Gasteiger partial charge in [0.25, 0.3) is 0 Å². The summed E-state index contributed by atoms with van der Waals surface area (Å²) < 4.78 is 5.82. The van der Waals surface area contributed by atoms with Crippen molar-refractivity contribution < 1.29 is 19.4 Å². The largest absolute Gasteiger partial charge is 0.491 e. The van der Waals surface area contributed by atoms with Crippen molar-refractivity contribution in [3.8, 4) is 16.9 Å². The average Bonchev–Trinajstić information content (AvgIpc) is 2.94. The molecule has 0 unspecified atom stereocenters. The minimum absolute atomic E-state index is 0.0367. The lowest BCUT2D eigenvalue weighted by molar-refractivity contribution is -0.136. The van der Waals surface area contributed by atoms with E-state index in [0.717, 1.165) is 36.2 Å². The second kappa shape index (κ2) is 15.4. The zero-order valence-electron chi connectivity index (χ0n) is 26.8. The van der Waals surface area contributed by atoms with E-state index in [1.54, 1.807) is 4.90 Å². The Kier molecular flexibility index (Phi) is 11.9. The van der Waals surface area contributed by atoms with Gasteiger partial charge < -0.3 is 14.7 Å². The monoisotopic (exact) mass is 585 g/mol. The number of amidine groups is 1. The van der Waals surface area contributed by atoms with Gasteiger partial charge in [-0.15, -0.1) is 0 Å². The number of aryl methyl sites for hydroxylation is 1. The summed E-state index contributed by atoms with van der Waals surface area (Å²) in [5.41, 5.74) is 6.41. The van der Waals surface area contributed by atoms with E-state index in [0.29, 0.717) is 30.8 Å². The number of carbonyl (C=O) groups is 2. The van der Waals surface area contributed by atoms with Crippen molar-refractivity contribution in [3.63, 3.8) is 0 Å². The number of carboxylic acids is 1. The minimum atomic E-state index is -0.888. The molecular formula is C36H47N3O4. The van der Waals surface area contributed by atoms with Gasteiger partial charge in [-0.2, -0.15) is 5.10 Å². The van der Waals surface area contributed by atoms with E-state index in [1.807, 2.05) is 51.0 Å². The molecular weight excluding hydrogens is 538 g/mol. The SMILES string of the molecule is CCN(C=O)/C(CCCc1ccc(-c2ccc(OC(C)C)c(CC(=O)O)c2)cc1)=N\N(C)Cc1ccc(C(C)(C)C)cc1. The first kappa shape index (κ1) is 33.4. The number of nitrogens with zero attached hydrogens (tertiary/aromatic N) is 3. The van der Waals surface area contributed by atoms with E-state index in [-0.39, 0.29) is 17.9 Å². The highest BCUT2D eigenvalue weighted by molar-refractivity contribution is 5.90. The van der Waals surface area contributed by atoms with Crippen molar-refractivity contribution in [2.24, 2.45) is 5.10 Å². The molecule has 3 aromatic rings. The Morgan fingerprint density at radius 2 is 1.60 bits per heavy atom. The van der Waals surface area contributed by atoms with Crippen molar-refractivity contribution in [1.29, 1.82) is 0 Å². The smallest absolute Gasteiger partial charge is 0.307 e. The van der Waals surface area contributed by atoms with Gasteiger partial charge in [0.1, 0.15) is 11.6 Å². The zero-order chi connectivity index (χ0) is 31.6. The molecule has 0 bridgehead atoms. The molecule has 0 atom stereocenters. The van der Waals surface area contributed by atoms with E-state index in [9.17, 15) is 14.7 Å². The zero-order valence-corrected chi connectivity index (χ0v) is 26.8. The van der Waals surface area contributed by atoms with Crippen molar-refractivity contribution >= 4 is 18.2 Å². The van der Waals surface area contributed by atoms with Crippen molar-refractivity contribution in [2.45, 2.75) is 85.3 Å². The van der Waals surface area contributed by atoms with E-state index < -0.39 is 5.97 Å². The predicted octanol–water partition coefficient (Wildman–Crippen LogP) is 7.31. The Balaban J connectivity index is 1.66. The number of amides is 1. The highest BCUT2D eigenvalue weighted by Gasteiger charge is 2.15. The average molecular weight is 586 g/mol. The molecule has 230 valence electrons. The molecule has 0 fully saturated rings. The lowest BCUT2D eigenvalue weighted by Crippen LogP contribution is -2.31. The van der Waals surface area contributed by atoms with E-state index in [2.05, 4.69) is 69.3 Å². The molecule has 1 N–H and O–H groups in total. The predicted molar refractivity (Wildman–Crippen MR) is 174 cm³/mol. The van der Waals surface area contributed by atoms with Crippen LogP contribution in [0, 0.1) is 0 Å². The lowest BCUT2D eigenvalue weighted by Gasteiger charge is -2.22. The second-order valence-electron chi connectivity index (χ2n) is 12.3.